The zero-order chi connectivity index (χ0) is 13.5. The highest BCUT2D eigenvalue weighted by Crippen LogP contribution is 2.27. The van der Waals surface area contributed by atoms with E-state index in [1.54, 1.807) is 4.90 Å². The zero-order valence-corrected chi connectivity index (χ0v) is 12.3. The van der Waals surface area contributed by atoms with Crippen molar-refractivity contribution >= 4 is 21.8 Å². The predicted octanol–water partition coefficient (Wildman–Crippen LogP) is 3.31. The van der Waals surface area contributed by atoms with Crippen LogP contribution in [0.3, 0.4) is 0 Å². The van der Waals surface area contributed by atoms with Crippen LogP contribution in [-0.2, 0) is 4.79 Å². The Morgan fingerprint density at radius 1 is 1.39 bits per heavy atom. The van der Waals surface area contributed by atoms with E-state index in [1.165, 1.54) is 0 Å². The molecule has 1 aromatic rings. The fourth-order valence-corrected chi connectivity index (χ4v) is 2.42. The molecule has 1 atom stereocenters. The zero-order valence-electron chi connectivity index (χ0n) is 10.7. The first-order chi connectivity index (χ1) is 8.63. The minimum atomic E-state index is -0.395. The van der Waals surface area contributed by atoms with Crippen molar-refractivity contribution in [2.24, 2.45) is 0 Å². The monoisotopic (exact) mass is 308 g/mol. The highest BCUT2D eigenvalue weighted by molar-refractivity contribution is 9.10. The minimum absolute atomic E-state index is 0.0299. The Morgan fingerprint density at radius 3 is 2.50 bits per heavy atom. The molecule has 0 aliphatic rings. The van der Waals surface area contributed by atoms with Crippen molar-refractivity contribution < 1.29 is 4.79 Å². The summed E-state index contributed by atoms with van der Waals surface area (Å²) in [6, 6.07) is 9.77. The van der Waals surface area contributed by atoms with Gasteiger partial charge in [0.25, 0.3) is 0 Å². The van der Waals surface area contributed by atoms with E-state index in [9.17, 15) is 10.1 Å². The first kappa shape index (κ1) is 14.7. The third kappa shape index (κ3) is 3.58. The van der Waals surface area contributed by atoms with Crippen molar-refractivity contribution in [1.82, 2.24) is 4.90 Å². The molecule has 1 rings (SSSR count). The van der Waals surface area contributed by atoms with Crippen LogP contribution in [0, 0.1) is 11.3 Å². The highest BCUT2D eigenvalue weighted by atomic mass is 79.9. The van der Waals surface area contributed by atoms with Gasteiger partial charge in [-0.15, -0.1) is 0 Å². The average Bonchev–Trinajstić information content (AvgIpc) is 2.38. The van der Waals surface area contributed by atoms with E-state index in [0.29, 0.717) is 13.1 Å². The van der Waals surface area contributed by atoms with Gasteiger partial charge in [-0.05, 0) is 25.5 Å². The summed E-state index contributed by atoms with van der Waals surface area (Å²) in [5.74, 6) is -0.365. The van der Waals surface area contributed by atoms with Gasteiger partial charge in [0.1, 0.15) is 0 Å². The van der Waals surface area contributed by atoms with Crippen LogP contribution in [0.15, 0.2) is 28.7 Å². The Labute approximate surface area is 117 Å². The van der Waals surface area contributed by atoms with Gasteiger partial charge in [0.2, 0.25) is 5.91 Å². The molecule has 0 saturated heterocycles. The number of rotatable bonds is 5. The normalized spacial score (nSPS) is 11.7. The van der Waals surface area contributed by atoms with Crippen molar-refractivity contribution in [3.05, 3.63) is 34.3 Å². The lowest BCUT2D eigenvalue weighted by atomic mass is 9.96. The lowest BCUT2D eigenvalue weighted by Gasteiger charge is -2.20. The van der Waals surface area contributed by atoms with Crippen LogP contribution in [0.25, 0.3) is 0 Å². The molecular weight excluding hydrogens is 292 g/mol. The first-order valence-corrected chi connectivity index (χ1v) is 6.85. The second-order valence-electron chi connectivity index (χ2n) is 3.97. The summed E-state index contributed by atoms with van der Waals surface area (Å²) in [5, 5.41) is 9.24. The van der Waals surface area contributed by atoms with Crippen LogP contribution in [0.5, 0.6) is 0 Å². The van der Waals surface area contributed by atoms with Gasteiger partial charge in [0.15, 0.2) is 0 Å². The number of amides is 1. The average molecular weight is 309 g/mol. The third-order valence-corrected chi connectivity index (χ3v) is 3.65. The number of halogens is 1. The quantitative estimate of drug-likeness (QED) is 0.837. The molecule has 0 aliphatic heterocycles. The van der Waals surface area contributed by atoms with E-state index in [2.05, 4.69) is 22.0 Å². The van der Waals surface area contributed by atoms with Gasteiger partial charge >= 0.3 is 0 Å². The van der Waals surface area contributed by atoms with Crippen LogP contribution in [0.1, 0.15) is 31.7 Å². The Balaban J connectivity index is 2.84. The second kappa shape index (κ2) is 7.17. The van der Waals surface area contributed by atoms with Crippen LogP contribution in [0.2, 0.25) is 0 Å². The largest absolute Gasteiger partial charge is 0.343 e. The molecule has 0 saturated carbocycles. The fraction of sp³-hybridized carbons (Fsp3) is 0.429. The summed E-state index contributed by atoms with van der Waals surface area (Å²) in [6.07, 6.45) is 0.237. The van der Waals surface area contributed by atoms with Crippen molar-refractivity contribution in [3.63, 3.8) is 0 Å². The predicted molar refractivity (Wildman–Crippen MR) is 75.0 cm³/mol. The molecule has 1 amide bonds. The number of hydrogen-bond acceptors (Lipinski definition) is 2. The van der Waals surface area contributed by atoms with E-state index < -0.39 is 5.92 Å². The smallest absolute Gasteiger partial charge is 0.224 e. The molecule has 0 heterocycles. The van der Waals surface area contributed by atoms with Crippen LogP contribution in [-0.4, -0.2) is 23.9 Å². The fourth-order valence-electron chi connectivity index (χ4n) is 1.86. The summed E-state index contributed by atoms with van der Waals surface area (Å²) >= 11 is 3.42. The number of carbonyl (C=O) groups is 1. The van der Waals surface area contributed by atoms with Gasteiger partial charge in [0, 0.05) is 24.0 Å². The number of hydrogen-bond donors (Lipinski definition) is 0. The molecule has 0 spiro atoms. The number of nitrogens with zero attached hydrogens (tertiary/aromatic N) is 2. The molecule has 4 heteroatoms. The minimum Gasteiger partial charge on any atom is -0.343 e. The third-order valence-electron chi connectivity index (χ3n) is 2.93. The van der Waals surface area contributed by atoms with Gasteiger partial charge < -0.3 is 4.90 Å². The summed E-state index contributed by atoms with van der Waals surface area (Å²) in [6.45, 7) is 5.26. The lowest BCUT2D eigenvalue weighted by molar-refractivity contribution is -0.130. The SMILES string of the molecule is CCN(CC)C(=O)CC(C#N)c1ccccc1Br. The molecule has 1 aromatic carbocycles. The molecular formula is C14H17BrN2O. The topological polar surface area (TPSA) is 44.1 Å². The van der Waals surface area contributed by atoms with Gasteiger partial charge in [-0.25, -0.2) is 0 Å². The Bertz CT molecular complexity index is 449. The molecule has 3 nitrogen and oxygen atoms in total. The molecule has 96 valence electrons. The first-order valence-electron chi connectivity index (χ1n) is 6.05. The van der Waals surface area contributed by atoms with Crippen LogP contribution < -0.4 is 0 Å². The number of carbonyl (C=O) groups excluding carboxylic acids is 1. The second-order valence-corrected chi connectivity index (χ2v) is 4.83. The Kier molecular flexibility index (Phi) is 5.87. The van der Waals surface area contributed by atoms with Crippen LogP contribution >= 0.6 is 15.9 Å². The van der Waals surface area contributed by atoms with E-state index in [4.69, 9.17) is 0 Å². The van der Waals surface area contributed by atoms with Crippen molar-refractivity contribution in [2.45, 2.75) is 26.2 Å². The number of nitriles is 1. The highest BCUT2D eigenvalue weighted by Gasteiger charge is 2.20. The van der Waals surface area contributed by atoms with E-state index in [1.807, 2.05) is 38.1 Å². The summed E-state index contributed by atoms with van der Waals surface area (Å²) < 4.78 is 0.879. The van der Waals surface area contributed by atoms with Crippen molar-refractivity contribution in [2.75, 3.05) is 13.1 Å². The van der Waals surface area contributed by atoms with Crippen LogP contribution in [0.4, 0.5) is 0 Å². The standard InChI is InChI=1S/C14H17BrN2O/c1-3-17(4-2)14(18)9-11(10-16)12-7-5-6-8-13(12)15/h5-8,11H,3-4,9H2,1-2H3. The maximum atomic E-state index is 12.0. The maximum Gasteiger partial charge on any atom is 0.224 e. The molecule has 1 unspecified atom stereocenters. The van der Waals surface area contributed by atoms with E-state index in [0.717, 1.165) is 10.0 Å². The summed E-state index contributed by atoms with van der Waals surface area (Å²) in [7, 11) is 0. The van der Waals surface area contributed by atoms with E-state index in [-0.39, 0.29) is 12.3 Å². The molecule has 18 heavy (non-hydrogen) atoms. The molecule has 0 aliphatic carbocycles. The maximum absolute atomic E-state index is 12.0. The molecule has 0 N–H and O–H groups in total. The summed E-state index contributed by atoms with van der Waals surface area (Å²) in [4.78, 5) is 13.8. The molecule has 0 bridgehead atoms. The van der Waals surface area contributed by atoms with Crippen molar-refractivity contribution in [3.8, 4) is 6.07 Å². The number of benzene rings is 1. The van der Waals surface area contributed by atoms with Gasteiger partial charge in [-0.1, -0.05) is 34.1 Å². The Hall–Kier alpha value is -1.34. The molecule has 0 radical (unpaired) electrons. The van der Waals surface area contributed by atoms with E-state index >= 15 is 0 Å². The lowest BCUT2D eigenvalue weighted by Crippen LogP contribution is -2.31. The summed E-state index contributed by atoms with van der Waals surface area (Å²) in [5.41, 5.74) is 0.875. The van der Waals surface area contributed by atoms with Gasteiger partial charge in [0.05, 0.1) is 12.0 Å². The van der Waals surface area contributed by atoms with Gasteiger partial charge in [-0.3, -0.25) is 4.79 Å². The van der Waals surface area contributed by atoms with Gasteiger partial charge in [-0.2, -0.15) is 5.26 Å². The van der Waals surface area contributed by atoms with Crippen molar-refractivity contribution in [1.29, 1.82) is 5.26 Å². The Morgan fingerprint density at radius 2 is 2.00 bits per heavy atom. The molecule has 0 aromatic heterocycles. The molecule has 0 fully saturated rings.